The molecule has 0 atom stereocenters. The van der Waals surface area contributed by atoms with Crippen molar-refractivity contribution in [1.82, 2.24) is 20.7 Å². The number of ketones is 1. The lowest BCUT2D eigenvalue weighted by Crippen LogP contribution is -2.48. The largest absolute Gasteiger partial charge is 0.353 e. The van der Waals surface area contributed by atoms with Gasteiger partial charge in [0, 0.05) is 56.5 Å². The molecule has 9 heteroatoms. The minimum absolute atomic E-state index is 0.0195. The van der Waals surface area contributed by atoms with Gasteiger partial charge in [-0.1, -0.05) is 25.1 Å². The summed E-state index contributed by atoms with van der Waals surface area (Å²) in [4.78, 5) is 40.3. The summed E-state index contributed by atoms with van der Waals surface area (Å²) in [5.74, 6) is -0.619. The summed E-state index contributed by atoms with van der Waals surface area (Å²) in [5, 5.41) is 9.35. The van der Waals surface area contributed by atoms with E-state index in [2.05, 4.69) is 10.6 Å². The van der Waals surface area contributed by atoms with Crippen molar-refractivity contribution < 1.29 is 18.8 Å². The number of fused-ring (bicyclic) bond motifs is 2. The number of benzene rings is 2. The van der Waals surface area contributed by atoms with Crippen LogP contribution in [-0.4, -0.2) is 67.4 Å². The lowest BCUT2D eigenvalue weighted by molar-refractivity contribution is -0.145. The van der Waals surface area contributed by atoms with Crippen LogP contribution >= 0.6 is 0 Å². The molecule has 192 valence electrons. The zero-order valence-corrected chi connectivity index (χ0v) is 21.2. The normalized spacial score (nSPS) is 14.5. The van der Waals surface area contributed by atoms with E-state index in [-0.39, 0.29) is 36.5 Å². The first-order valence-electron chi connectivity index (χ1n) is 12.4. The lowest BCUT2D eigenvalue weighted by atomic mass is 10.0. The molecule has 0 fully saturated rings. The highest BCUT2D eigenvalue weighted by Gasteiger charge is 2.29. The summed E-state index contributed by atoms with van der Waals surface area (Å²) in [6, 6.07) is 8.78. The predicted molar refractivity (Wildman–Crippen MR) is 136 cm³/mol. The van der Waals surface area contributed by atoms with Crippen molar-refractivity contribution in [1.29, 1.82) is 0 Å². The molecule has 2 aliphatic rings. The van der Waals surface area contributed by atoms with Gasteiger partial charge in [0.2, 0.25) is 5.91 Å². The molecule has 2 amide bonds. The van der Waals surface area contributed by atoms with Gasteiger partial charge in [-0.15, -0.1) is 0 Å². The average molecular weight is 496 g/mol. The Kier molecular flexibility index (Phi) is 8.01. The zero-order valence-electron chi connectivity index (χ0n) is 21.2. The van der Waals surface area contributed by atoms with Gasteiger partial charge in [-0.3, -0.25) is 19.4 Å². The van der Waals surface area contributed by atoms with Crippen molar-refractivity contribution in [3.05, 3.63) is 64.0 Å². The molecule has 8 nitrogen and oxygen atoms in total. The fraction of sp³-hybridized carbons (Fsp3) is 0.444. The third-order valence-electron chi connectivity index (χ3n) is 6.91. The number of hydrazine groups is 1. The number of amides is 2. The first-order chi connectivity index (χ1) is 17.3. The SMILES string of the molecule is CCNCCNC(=O)CN(CC(=O)N(C)N1Cc2cccc(F)c2C1)c1cc2c(cc1C)CCC2=O. The standard InChI is InChI=1S/C27H34FN5O3/c1-4-29-10-11-30-26(35)16-32(24-13-21-19(12-18(24)2)8-9-25(21)34)17-27(36)31(3)33-14-20-6-5-7-23(28)22(20)15-33/h5-7,12-13,29H,4,8-11,14-17H2,1-3H3,(H,30,35). The Hall–Kier alpha value is -3.30. The monoisotopic (exact) mass is 495 g/mol. The zero-order chi connectivity index (χ0) is 25.8. The van der Waals surface area contributed by atoms with Crippen LogP contribution in [0.3, 0.4) is 0 Å². The highest BCUT2D eigenvalue weighted by molar-refractivity contribution is 6.01. The number of halogens is 1. The molecule has 1 heterocycles. The molecule has 0 bridgehead atoms. The van der Waals surface area contributed by atoms with E-state index in [1.54, 1.807) is 23.0 Å². The summed E-state index contributed by atoms with van der Waals surface area (Å²) >= 11 is 0. The van der Waals surface area contributed by atoms with Gasteiger partial charge in [-0.05, 0) is 48.7 Å². The van der Waals surface area contributed by atoms with Crippen molar-refractivity contribution in [2.45, 2.75) is 39.8 Å². The van der Waals surface area contributed by atoms with Gasteiger partial charge in [0.05, 0.1) is 13.1 Å². The molecule has 2 aromatic carbocycles. The quantitative estimate of drug-likeness (QED) is 0.492. The first kappa shape index (κ1) is 25.8. The third-order valence-corrected chi connectivity index (χ3v) is 6.91. The van der Waals surface area contributed by atoms with Crippen molar-refractivity contribution in [2.24, 2.45) is 0 Å². The minimum atomic E-state index is -0.273. The summed E-state index contributed by atoms with van der Waals surface area (Å²) < 4.78 is 14.2. The number of nitrogens with one attached hydrogen (secondary N) is 2. The maximum atomic E-state index is 14.2. The molecule has 36 heavy (non-hydrogen) atoms. The number of aryl methyl sites for hydroxylation is 2. The Balaban J connectivity index is 1.51. The maximum Gasteiger partial charge on any atom is 0.256 e. The molecule has 0 radical (unpaired) electrons. The molecule has 0 saturated heterocycles. The number of hydrogen-bond acceptors (Lipinski definition) is 6. The van der Waals surface area contributed by atoms with Crippen molar-refractivity contribution in [3.8, 4) is 0 Å². The average Bonchev–Trinajstić information content (AvgIpc) is 3.45. The number of likely N-dealkylation sites (N-methyl/N-ethyl adjacent to an activating group) is 2. The molecule has 2 aromatic rings. The fourth-order valence-corrected chi connectivity index (χ4v) is 4.87. The van der Waals surface area contributed by atoms with Crippen LogP contribution in [0.1, 0.15) is 46.0 Å². The minimum Gasteiger partial charge on any atom is -0.353 e. The molecule has 4 rings (SSSR count). The van der Waals surface area contributed by atoms with Crippen LogP contribution in [0.4, 0.5) is 10.1 Å². The van der Waals surface area contributed by atoms with Crippen molar-refractivity contribution >= 4 is 23.3 Å². The molecule has 2 N–H and O–H groups in total. The summed E-state index contributed by atoms with van der Waals surface area (Å²) in [7, 11) is 1.67. The second-order valence-corrected chi connectivity index (χ2v) is 9.40. The van der Waals surface area contributed by atoms with Gasteiger partial charge in [0.1, 0.15) is 5.82 Å². The summed E-state index contributed by atoms with van der Waals surface area (Å²) in [5.41, 5.74) is 4.75. The predicted octanol–water partition coefficient (Wildman–Crippen LogP) is 2.18. The third kappa shape index (κ3) is 5.57. The Morgan fingerprint density at radius 2 is 1.89 bits per heavy atom. The maximum absolute atomic E-state index is 14.2. The van der Waals surface area contributed by atoms with Gasteiger partial charge < -0.3 is 15.5 Å². The van der Waals surface area contributed by atoms with E-state index in [4.69, 9.17) is 0 Å². The van der Waals surface area contributed by atoms with E-state index in [9.17, 15) is 18.8 Å². The number of rotatable bonds is 10. The number of carbonyl (C=O) groups is 3. The van der Waals surface area contributed by atoms with E-state index < -0.39 is 0 Å². The first-order valence-corrected chi connectivity index (χ1v) is 12.4. The number of Topliss-reactive ketones (excluding diaryl/α,β-unsaturated/α-hetero) is 1. The molecule has 0 unspecified atom stereocenters. The number of nitrogens with zero attached hydrogens (tertiary/aromatic N) is 3. The Bertz CT molecular complexity index is 1170. The molecule has 1 aliphatic carbocycles. The molecular formula is C27H34FN5O3. The molecule has 0 aromatic heterocycles. The highest BCUT2D eigenvalue weighted by Crippen LogP contribution is 2.31. The second-order valence-electron chi connectivity index (χ2n) is 9.40. The van der Waals surface area contributed by atoms with Gasteiger partial charge >= 0.3 is 0 Å². The topological polar surface area (TPSA) is 85.0 Å². The van der Waals surface area contributed by atoms with E-state index in [1.807, 2.05) is 32.0 Å². The van der Waals surface area contributed by atoms with Crippen LogP contribution in [0.5, 0.6) is 0 Å². The second kappa shape index (κ2) is 11.2. The molecule has 0 spiro atoms. The molecular weight excluding hydrogens is 461 g/mol. The van der Waals surface area contributed by atoms with Gasteiger partial charge in [-0.2, -0.15) is 0 Å². The van der Waals surface area contributed by atoms with Crippen LogP contribution in [0.15, 0.2) is 30.3 Å². The van der Waals surface area contributed by atoms with Gasteiger partial charge in [0.15, 0.2) is 5.78 Å². The van der Waals surface area contributed by atoms with Crippen LogP contribution < -0.4 is 15.5 Å². The Labute approximate surface area is 211 Å². The van der Waals surface area contributed by atoms with Crippen molar-refractivity contribution in [3.63, 3.8) is 0 Å². The van der Waals surface area contributed by atoms with E-state index in [1.165, 1.54) is 11.1 Å². The number of anilines is 1. The van der Waals surface area contributed by atoms with E-state index in [0.717, 1.165) is 23.2 Å². The number of carbonyl (C=O) groups excluding carboxylic acids is 3. The van der Waals surface area contributed by atoms with Crippen LogP contribution in [0, 0.1) is 12.7 Å². The van der Waals surface area contributed by atoms with Crippen LogP contribution in [-0.2, 0) is 29.1 Å². The van der Waals surface area contributed by atoms with E-state index >= 15 is 0 Å². The number of hydrogen-bond donors (Lipinski definition) is 2. The summed E-state index contributed by atoms with van der Waals surface area (Å²) in [6.07, 6.45) is 1.20. The highest BCUT2D eigenvalue weighted by atomic mass is 19.1. The summed E-state index contributed by atoms with van der Waals surface area (Å²) in [6.45, 7) is 6.55. The van der Waals surface area contributed by atoms with Crippen LogP contribution in [0.25, 0.3) is 0 Å². The van der Waals surface area contributed by atoms with E-state index in [0.29, 0.717) is 55.8 Å². The Morgan fingerprint density at radius 1 is 1.08 bits per heavy atom. The molecule has 1 aliphatic heterocycles. The fourth-order valence-electron chi connectivity index (χ4n) is 4.87. The molecule has 0 saturated carbocycles. The smallest absolute Gasteiger partial charge is 0.256 e. The van der Waals surface area contributed by atoms with Crippen LogP contribution in [0.2, 0.25) is 0 Å². The Morgan fingerprint density at radius 3 is 2.64 bits per heavy atom. The van der Waals surface area contributed by atoms with Gasteiger partial charge in [-0.25, -0.2) is 9.40 Å². The lowest BCUT2D eigenvalue weighted by Gasteiger charge is -2.32. The van der Waals surface area contributed by atoms with Crippen molar-refractivity contribution in [2.75, 3.05) is 44.7 Å². The van der Waals surface area contributed by atoms with Gasteiger partial charge in [0.25, 0.3) is 5.91 Å².